The first-order valence-corrected chi connectivity index (χ1v) is 10.2. The van der Waals surface area contributed by atoms with E-state index in [1.54, 1.807) is 30.6 Å². The van der Waals surface area contributed by atoms with Crippen molar-refractivity contribution in [1.29, 1.82) is 0 Å². The second-order valence-corrected chi connectivity index (χ2v) is 7.97. The summed E-state index contributed by atoms with van der Waals surface area (Å²) in [5.41, 5.74) is 3.14. The first kappa shape index (κ1) is 18.6. The second kappa shape index (κ2) is 8.01. The second-order valence-electron chi connectivity index (χ2n) is 5.98. The summed E-state index contributed by atoms with van der Waals surface area (Å²) in [7, 11) is -3.37. The summed E-state index contributed by atoms with van der Waals surface area (Å²) in [4.78, 5) is 16.3. The molecule has 0 fully saturated rings. The van der Waals surface area contributed by atoms with Gasteiger partial charge in [0.05, 0.1) is 17.1 Å². The van der Waals surface area contributed by atoms with Crippen LogP contribution in [0, 0.1) is 0 Å². The van der Waals surface area contributed by atoms with Crippen molar-refractivity contribution < 1.29 is 13.2 Å². The fourth-order valence-electron chi connectivity index (χ4n) is 2.61. The van der Waals surface area contributed by atoms with Crippen molar-refractivity contribution in [3.8, 4) is 11.1 Å². The topological polar surface area (TPSA) is 88.2 Å². The third kappa shape index (κ3) is 4.92. The van der Waals surface area contributed by atoms with Gasteiger partial charge in [-0.25, -0.2) is 8.42 Å². The van der Waals surface area contributed by atoms with Gasteiger partial charge in [0.15, 0.2) is 9.84 Å². The van der Waals surface area contributed by atoms with E-state index in [0.29, 0.717) is 11.4 Å². The van der Waals surface area contributed by atoms with Crippen molar-refractivity contribution in [2.45, 2.75) is 4.90 Å². The van der Waals surface area contributed by atoms with Gasteiger partial charge in [0, 0.05) is 24.3 Å². The Bertz CT molecular complexity index is 1030. The Kier molecular flexibility index (Phi) is 5.52. The molecule has 0 unspecified atom stereocenters. The Hall–Kier alpha value is -3.19. The maximum atomic E-state index is 12.2. The van der Waals surface area contributed by atoms with E-state index in [1.807, 2.05) is 36.4 Å². The smallest absolute Gasteiger partial charge is 0.243 e. The number of hydrogen-bond acceptors (Lipinski definition) is 5. The minimum atomic E-state index is -3.37. The molecule has 2 N–H and O–H groups in total. The molecule has 0 saturated heterocycles. The van der Waals surface area contributed by atoms with Crippen LogP contribution >= 0.6 is 0 Å². The van der Waals surface area contributed by atoms with E-state index in [-0.39, 0.29) is 17.3 Å². The molecule has 138 valence electrons. The van der Waals surface area contributed by atoms with Gasteiger partial charge < -0.3 is 10.6 Å². The van der Waals surface area contributed by atoms with Crippen molar-refractivity contribution in [3.05, 3.63) is 73.1 Å². The number of carbonyl (C=O) groups is 1. The van der Waals surface area contributed by atoms with E-state index < -0.39 is 9.84 Å². The highest BCUT2D eigenvalue weighted by molar-refractivity contribution is 7.90. The molecule has 0 aliphatic heterocycles. The maximum absolute atomic E-state index is 12.2. The highest BCUT2D eigenvalue weighted by atomic mass is 32.2. The number of pyridine rings is 1. The van der Waals surface area contributed by atoms with E-state index in [9.17, 15) is 13.2 Å². The number of hydrogen-bond donors (Lipinski definition) is 2. The zero-order chi connectivity index (χ0) is 19.3. The largest absolute Gasteiger partial charge is 0.375 e. The number of carbonyl (C=O) groups excluding carboxylic acids is 1. The standard InChI is InChI=1S/C20H19N3O3S/c1-27(25,26)19-5-3-2-4-18(19)22-14-20(24)23-17-8-6-15(7-9-17)16-10-12-21-13-11-16/h2-13,22H,14H2,1H3,(H,23,24). The molecule has 1 amide bonds. The molecule has 0 spiro atoms. The van der Waals surface area contributed by atoms with Gasteiger partial charge in [-0.15, -0.1) is 0 Å². The van der Waals surface area contributed by atoms with Gasteiger partial charge >= 0.3 is 0 Å². The van der Waals surface area contributed by atoms with Crippen LogP contribution in [-0.2, 0) is 14.6 Å². The van der Waals surface area contributed by atoms with Gasteiger partial charge in [-0.3, -0.25) is 9.78 Å². The zero-order valence-electron chi connectivity index (χ0n) is 14.7. The van der Waals surface area contributed by atoms with Crippen LogP contribution in [0.15, 0.2) is 78.0 Å². The van der Waals surface area contributed by atoms with Gasteiger partial charge in [0.2, 0.25) is 5.91 Å². The number of para-hydroxylation sites is 1. The number of benzene rings is 2. The van der Waals surface area contributed by atoms with E-state index in [4.69, 9.17) is 0 Å². The summed E-state index contributed by atoms with van der Waals surface area (Å²) in [6.07, 6.45) is 4.59. The number of sulfone groups is 1. The molecule has 3 aromatic rings. The van der Waals surface area contributed by atoms with Gasteiger partial charge in [-0.1, -0.05) is 24.3 Å². The molecule has 1 aromatic heterocycles. The molecule has 6 nitrogen and oxygen atoms in total. The quantitative estimate of drug-likeness (QED) is 0.685. The van der Waals surface area contributed by atoms with Crippen LogP contribution < -0.4 is 10.6 Å². The molecule has 3 rings (SSSR count). The summed E-state index contributed by atoms with van der Waals surface area (Å²) in [5, 5.41) is 5.66. The lowest BCUT2D eigenvalue weighted by Crippen LogP contribution is -2.22. The van der Waals surface area contributed by atoms with Crippen molar-refractivity contribution in [2.24, 2.45) is 0 Å². The molecular weight excluding hydrogens is 362 g/mol. The first-order chi connectivity index (χ1) is 12.9. The maximum Gasteiger partial charge on any atom is 0.243 e. The first-order valence-electron chi connectivity index (χ1n) is 8.27. The molecule has 0 saturated carbocycles. The third-order valence-electron chi connectivity index (χ3n) is 3.91. The minimum absolute atomic E-state index is 0.0430. The fourth-order valence-corrected chi connectivity index (χ4v) is 3.47. The monoisotopic (exact) mass is 381 g/mol. The highest BCUT2D eigenvalue weighted by Gasteiger charge is 2.13. The van der Waals surface area contributed by atoms with Crippen molar-refractivity contribution in [3.63, 3.8) is 0 Å². The number of amides is 1. The Labute approximate surface area is 158 Å². The van der Waals surface area contributed by atoms with Crippen molar-refractivity contribution in [1.82, 2.24) is 4.98 Å². The molecular formula is C20H19N3O3S. The number of nitrogens with zero attached hydrogens (tertiary/aromatic N) is 1. The summed E-state index contributed by atoms with van der Waals surface area (Å²) < 4.78 is 23.6. The summed E-state index contributed by atoms with van der Waals surface area (Å²) in [5.74, 6) is -0.269. The third-order valence-corrected chi connectivity index (χ3v) is 5.06. The fraction of sp³-hybridized carbons (Fsp3) is 0.100. The highest BCUT2D eigenvalue weighted by Crippen LogP contribution is 2.21. The minimum Gasteiger partial charge on any atom is -0.375 e. The number of aromatic nitrogens is 1. The van der Waals surface area contributed by atoms with E-state index in [1.165, 1.54) is 6.07 Å². The van der Waals surface area contributed by atoms with E-state index in [2.05, 4.69) is 15.6 Å². The normalized spacial score (nSPS) is 11.0. The molecule has 2 aromatic carbocycles. The van der Waals surface area contributed by atoms with Crippen LogP contribution in [0.2, 0.25) is 0 Å². The van der Waals surface area contributed by atoms with Crippen LogP contribution in [0.25, 0.3) is 11.1 Å². The van der Waals surface area contributed by atoms with Crippen LogP contribution in [0.5, 0.6) is 0 Å². The summed E-state index contributed by atoms with van der Waals surface area (Å²) in [6, 6.07) is 17.8. The van der Waals surface area contributed by atoms with Gasteiger partial charge in [0.1, 0.15) is 0 Å². The van der Waals surface area contributed by atoms with Crippen LogP contribution in [0.3, 0.4) is 0 Å². The lowest BCUT2D eigenvalue weighted by atomic mass is 10.1. The van der Waals surface area contributed by atoms with E-state index in [0.717, 1.165) is 17.4 Å². The van der Waals surface area contributed by atoms with Crippen molar-refractivity contribution in [2.75, 3.05) is 23.4 Å². The number of rotatable bonds is 6. The predicted molar refractivity (Wildman–Crippen MR) is 106 cm³/mol. The predicted octanol–water partition coefficient (Wildman–Crippen LogP) is 3.20. The summed E-state index contributed by atoms with van der Waals surface area (Å²) >= 11 is 0. The Morgan fingerprint density at radius 2 is 1.56 bits per heavy atom. The zero-order valence-corrected chi connectivity index (χ0v) is 15.5. The number of anilines is 2. The van der Waals surface area contributed by atoms with Crippen LogP contribution in [0.1, 0.15) is 0 Å². The molecule has 0 aliphatic rings. The van der Waals surface area contributed by atoms with Gasteiger partial charge in [0.25, 0.3) is 0 Å². The number of nitrogens with one attached hydrogen (secondary N) is 2. The van der Waals surface area contributed by atoms with Crippen LogP contribution in [-0.4, -0.2) is 32.1 Å². The van der Waals surface area contributed by atoms with Crippen LogP contribution in [0.4, 0.5) is 11.4 Å². The van der Waals surface area contributed by atoms with Gasteiger partial charge in [-0.05, 0) is 47.5 Å². The molecule has 27 heavy (non-hydrogen) atoms. The Morgan fingerprint density at radius 1 is 0.926 bits per heavy atom. The van der Waals surface area contributed by atoms with Gasteiger partial charge in [-0.2, -0.15) is 0 Å². The lowest BCUT2D eigenvalue weighted by molar-refractivity contribution is -0.114. The Balaban J connectivity index is 1.62. The average Bonchev–Trinajstić information content (AvgIpc) is 2.67. The molecule has 1 heterocycles. The lowest BCUT2D eigenvalue weighted by Gasteiger charge is -2.11. The SMILES string of the molecule is CS(=O)(=O)c1ccccc1NCC(=O)Nc1ccc(-c2ccncc2)cc1. The average molecular weight is 381 g/mol. The molecule has 0 aliphatic carbocycles. The molecule has 0 radical (unpaired) electrons. The van der Waals surface area contributed by atoms with Crippen molar-refractivity contribution >= 4 is 27.1 Å². The molecule has 0 atom stereocenters. The van der Waals surface area contributed by atoms with E-state index >= 15 is 0 Å². The summed E-state index contributed by atoms with van der Waals surface area (Å²) in [6.45, 7) is -0.0430. The molecule has 0 bridgehead atoms. The Morgan fingerprint density at radius 3 is 2.22 bits per heavy atom. The molecule has 7 heteroatoms.